The van der Waals surface area contributed by atoms with Gasteiger partial charge in [0.15, 0.2) is 10.9 Å². The quantitative estimate of drug-likeness (QED) is 0.365. The Morgan fingerprint density at radius 3 is 2.71 bits per heavy atom. The average Bonchev–Trinajstić information content (AvgIpc) is 3.11. The predicted octanol–water partition coefficient (Wildman–Crippen LogP) is 3.31. The summed E-state index contributed by atoms with van der Waals surface area (Å²) < 4.78 is 10.3. The number of benzene rings is 2. The van der Waals surface area contributed by atoms with Crippen molar-refractivity contribution in [2.75, 3.05) is 40.5 Å². The molecule has 2 fully saturated rings. The van der Waals surface area contributed by atoms with Crippen LogP contribution >= 0.6 is 11.8 Å². The SMILES string of the molecule is COc1ccc(/C=C2/SC(=Nc3cccc(C(=O)N4CCOCC4)c3)N(C)C2=O)cc1[N+](=O)[O-]. The van der Waals surface area contributed by atoms with Crippen molar-refractivity contribution in [1.29, 1.82) is 0 Å². The van der Waals surface area contributed by atoms with Gasteiger partial charge in [-0.3, -0.25) is 24.6 Å². The molecule has 11 heteroatoms. The highest BCUT2D eigenvalue weighted by molar-refractivity contribution is 8.18. The first-order chi connectivity index (χ1) is 16.4. The fraction of sp³-hybridized carbons (Fsp3) is 0.261. The Kier molecular flexibility index (Phi) is 6.94. The minimum atomic E-state index is -0.533. The summed E-state index contributed by atoms with van der Waals surface area (Å²) in [7, 11) is 2.96. The van der Waals surface area contributed by atoms with Crippen molar-refractivity contribution < 1.29 is 24.0 Å². The van der Waals surface area contributed by atoms with E-state index >= 15 is 0 Å². The summed E-state index contributed by atoms with van der Waals surface area (Å²) >= 11 is 1.16. The molecule has 2 aromatic rings. The number of morpholine rings is 1. The number of carbonyl (C=O) groups excluding carboxylic acids is 2. The van der Waals surface area contributed by atoms with Gasteiger partial charge in [-0.2, -0.15) is 0 Å². The standard InChI is InChI=1S/C23H22N4O6S/c1-25-22(29)20(13-15-6-7-19(32-2)18(12-15)27(30)31)34-23(25)24-17-5-3-4-16(14-17)21(28)26-8-10-33-11-9-26/h3-7,12-14H,8-11H2,1-2H3/b20-13+,24-23?. The maximum Gasteiger partial charge on any atom is 0.311 e. The molecule has 34 heavy (non-hydrogen) atoms. The van der Waals surface area contributed by atoms with Gasteiger partial charge in [-0.05, 0) is 47.7 Å². The van der Waals surface area contributed by atoms with E-state index < -0.39 is 4.92 Å². The molecule has 2 aliphatic rings. The van der Waals surface area contributed by atoms with Crippen molar-refractivity contribution in [3.05, 3.63) is 68.6 Å². The van der Waals surface area contributed by atoms with Gasteiger partial charge in [0.2, 0.25) is 0 Å². The molecule has 0 unspecified atom stereocenters. The summed E-state index contributed by atoms with van der Waals surface area (Å²) in [5, 5.41) is 11.7. The number of amides is 2. The lowest BCUT2D eigenvalue weighted by atomic mass is 10.1. The Bertz CT molecular complexity index is 1210. The zero-order chi connectivity index (χ0) is 24.2. The van der Waals surface area contributed by atoms with Crippen LogP contribution in [0.1, 0.15) is 15.9 Å². The first-order valence-electron chi connectivity index (χ1n) is 10.4. The van der Waals surface area contributed by atoms with E-state index in [1.54, 1.807) is 48.4 Å². The summed E-state index contributed by atoms with van der Waals surface area (Å²) in [6.45, 7) is 2.12. The molecule has 0 N–H and O–H groups in total. The van der Waals surface area contributed by atoms with Crippen LogP contribution in [0.25, 0.3) is 6.08 Å². The first-order valence-corrected chi connectivity index (χ1v) is 11.2. The van der Waals surface area contributed by atoms with Crippen molar-refractivity contribution in [2.45, 2.75) is 0 Å². The summed E-state index contributed by atoms with van der Waals surface area (Å²) in [5.41, 5.74) is 1.37. The van der Waals surface area contributed by atoms with E-state index in [-0.39, 0.29) is 23.3 Å². The number of hydrogen-bond acceptors (Lipinski definition) is 8. The first kappa shape index (κ1) is 23.5. The molecule has 2 heterocycles. The minimum absolute atomic E-state index is 0.0875. The Labute approximate surface area is 200 Å². The van der Waals surface area contributed by atoms with Gasteiger partial charge in [0.05, 0.1) is 35.8 Å². The minimum Gasteiger partial charge on any atom is -0.490 e. The average molecular weight is 483 g/mol. The monoisotopic (exact) mass is 482 g/mol. The van der Waals surface area contributed by atoms with Crippen LogP contribution in [0.4, 0.5) is 11.4 Å². The molecule has 0 spiro atoms. The second kappa shape index (κ2) is 10.1. The number of methoxy groups -OCH3 is 1. The molecular formula is C23H22N4O6S. The van der Waals surface area contributed by atoms with Crippen molar-refractivity contribution in [2.24, 2.45) is 4.99 Å². The smallest absolute Gasteiger partial charge is 0.311 e. The van der Waals surface area contributed by atoms with Gasteiger partial charge in [-0.25, -0.2) is 4.99 Å². The normalized spacial score (nSPS) is 18.6. The fourth-order valence-electron chi connectivity index (χ4n) is 3.51. The van der Waals surface area contributed by atoms with Gasteiger partial charge in [-0.15, -0.1) is 0 Å². The number of carbonyl (C=O) groups is 2. The third-order valence-electron chi connectivity index (χ3n) is 5.32. The molecule has 10 nitrogen and oxygen atoms in total. The lowest BCUT2D eigenvalue weighted by Gasteiger charge is -2.26. The number of rotatable bonds is 5. The molecule has 176 valence electrons. The predicted molar refractivity (Wildman–Crippen MR) is 128 cm³/mol. The van der Waals surface area contributed by atoms with Crippen LogP contribution in [0.3, 0.4) is 0 Å². The van der Waals surface area contributed by atoms with E-state index in [2.05, 4.69) is 4.99 Å². The lowest BCUT2D eigenvalue weighted by molar-refractivity contribution is -0.385. The number of hydrogen-bond donors (Lipinski definition) is 0. The van der Waals surface area contributed by atoms with Crippen molar-refractivity contribution in [3.63, 3.8) is 0 Å². The van der Waals surface area contributed by atoms with Crippen LogP contribution in [0.15, 0.2) is 52.4 Å². The number of nitro benzene ring substituents is 1. The molecule has 2 aliphatic heterocycles. The van der Waals surface area contributed by atoms with E-state index in [1.807, 2.05) is 0 Å². The third kappa shape index (κ3) is 4.95. The molecule has 0 bridgehead atoms. The molecule has 0 radical (unpaired) electrons. The van der Waals surface area contributed by atoms with Gasteiger partial charge < -0.3 is 14.4 Å². The molecule has 4 rings (SSSR count). The van der Waals surface area contributed by atoms with Crippen molar-refractivity contribution in [1.82, 2.24) is 9.80 Å². The molecule has 0 atom stereocenters. The molecule has 0 aromatic heterocycles. The van der Waals surface area contributed by atoms with Crippen LogP contribution in [0.5, 0.6) is 5.75 Å². The molecule has 0 aliphatic carbocycles. The maximum atomic E-state index is 12.8. The number of ether oxygens (including phenoxy) is 2. The largest absolute Gasteiger partial charge is 0.490 e. The maximum absolute atomic E-state index is 12.8. The van der Waals surface area contributed by atoms with Crippen LogP contribution in [0.2, 0.25) is 0 Å². The zero-order valence-electron chi connectivity index (χ0n) is 18.6. The number of thioether (sulfide) groups is 1. The zero-order valence-corrected chi connectivity index (χ0v) is 19.4. The van der Waals surface area contributed by atoms with E-state index in [4.69, 9.17) is 9.47 Å². The highest BCUT2D eigenvalue weighted by Crippen LogP contribution is 2.35. The molecule has 0 saturated carbocycles. The molecule has 2 amide bonds. The summed E-state index contributed by atoms with van der Waals surface area (Å²) in [5.74, 6) is -0.221. The second-order valence-electron chi connectivity index (χ2n) is 7.51. The van der Waals surface area contributed by atoms with E-state index in [9.17, 15) is 19.7 Å². The third-order valence-corrected chi connectivity index (χ3v) is 6.38. The molecular weight excluding hydrogens is 460 g/mol. The Hall–Kier alpha value is -3.70. The number of amidine groups is 1. The second-order valence-corrected chi connectivity index (χ2v) is 8.52. The van der Waals surface area contributed by atoms with Crippen molar-refractivity contribution in [3.8, 4) is 5.75 Å². The van der Waals surface area contributed by atoms with Gasteiger partial charge >= 0.3 is 5.69 Å². The van der Waals surface area contributed by atoms with Gasteiger partial charge in [-0.1, -0.05) is 12.1 Å². The van der Waals surface area contributed by atoms with E-state index in [1.165, 1.54) is 24.1 Å². The summed E-state index contributed by atoms with van der Waals surface area (Å²) in [6, 6.07) is 11.4. The van der Waals surface area contributed by atoms with Crippen LogP contribution in [-0.4, -0.2) is 72.2 Å². The van der Waals surface area contributed by atoms with Gasteiger partial charge in [0.25, 0.3) is 11.8 Å². The van der Waals surface area contributed by atoms with Crippen LogP contribution < -0.4 is 4.74 Å². The topological polar surface area (TPSA) is 115 Å². The van der Waals surface area contributed by atoms with Gasteiger partial charge in [0, 0.05) is 31.8 Å². The number of aliphatic imine (C=N–C) groups is 1. The fourth-order valence-corrected chi connectivity index (χ4v) is 4.50. The number of nitrogens with zero attached hydrogens (tertiary/aromatic N) is 4. The molecule has 2 saturated heterocycles. The highest BCUT2D eigenvalue weighted by atomic mass is 32.2. The summed E-state index contributed by atoms with van der Waals surface area (Å²) in [6.07, 6.45) is 1.58. The Balaban J connectivity index is 1.57. The van der Waals surface area contributed by atoms with Crippen LogP contribution in [0, 0.1) is 10.1 Å². The van der Waals surface area contributed by atoms with E-state index in [0.717, 1.165) is 11.8 Å². The van der Waals surface area contributed by atoms with Crippen molar-refractivity contribution >= 4 is 46.2 Å². The lowest BCUT2D eigenvalue weighted by Crippen LogP contribution is -2.40. The summed E-state index contributed by atoms with van der Waals surface area (Å²) in [4.78, 5) is 44.4. The van der Waals surface area contributed by atoms with Crippen LogP contribution in [-0.2, 0) is 9.53 Å². The van der Waals surface area contributed by atoms with E-state index in [0.29, 0.717) is 53.2 Å². The number of likely N-dealkylation sites (N-methyl/N-ethyl adjacent to an activating group) is 1. The Morgan fingerprint density at radius 1 is 1.24 bits per heavy atom. The highest BCUT2D eigenvalue weighted by Gasteiger charge is 2.31. The van der Waals surface area contributed by atoms with Gasteiger partial charge in [0.1, 0.15) is 0 Å². The Morgan fingerprint density at radius 2 is 2.00 bits per heavy atom. The molecule has 2 aromatic carbocycles. The number of nitro groups is 1.